The third-order valence-electron chi connectivity index (χ3n) is 5.48. The summed E-state index contributed by atoms with van der Waals surface area (Å²) in [4.78, 5) is 31.3. The van der Waals surface area contributed by atoms with Gasteiger partial charge in [-0.1, -0.05) is 34.4 Å². The molecule has 8 nitrogen and oxygen atoms in total. The van der Waals surface area contributed by atoms with Crippen molar-refractivity contribution in [2.45, 2.75) is 31.9 Å². The lowest BCUT2D eigenvalue weighted by atomic mass is 10.1. The van der Waals surface area contributed by atoms with Gasteiger partial charge in [0.15, 0.2) is 11.5 Å². The van der Waals surface area contributed by atoms with Gasteiger partial charge in [0.25, 0.3) is 5.91 Å². The Morgan fingerprint density at radius 1 is 1.21 bits per heavy atom. The van der Waals surface area contributed by atoms with E-state index in [1.807, 2.05) is 12.1 Å². The highest BCUT2D eigenvalue weighted by atomic mass is 35.5. The fraction of sp³-hybridized carbons (Fsp3) is 0.333. The molecule has 0 bridgehead atoms. The molecule has 0 saturated carbocycles. The molecule has 0 radical (unpaired) electrons. The molecule has 0 aliphatic carbocycles. The number of aromatic nitrogens is 2. The van der Waals surface area contributed by atoms with Crippen LogP contribution in [0.5, 0.6) is 0 Å². The van der Waals surface area contributed by atoms with Crippen molar-refractivity contribution >= 4 is 35.0 Å². The number of halogens is 2. The molecule has 2 amide bonds. The minimum atomic E-state index is -0.337. The van der Waals surface area contributed by atoms with E-state index in [-0.39, 0.29) is 36.6 Å². The second-order valence-electron chi connectivity index (χ2n) is 7.97. The van der Waals surface area contributed by atoms with Gasteiger partial charge in [0.1, 0.15) is 0 Å². The number of pyridine rings is 1. The standard InChI is InChI=1S/C24H24Cl2N4O4/c25-17-5-6-19(20(26)11-17)22-12-21(29-34-22)24(32)30(15-18-4-2-10-33-18)9-7-23(31)28-14-16-3-1-8-27-13-16/h1,3,5-6,8,11-13,18H,2,4,7,9-10,14-15H2,(H,28,31)/t18-/m1/s1. The molecule has 1 N–H and O–H groups in total. The first kappa shape index (κ1) is 24.2. The van der Waals surface area contributed by atoms with Gasteiger partial charge in [0, 0.05) is 61.7 Å². The highest BCUT2D eigenvalue weighted by molar-refractivity contribution is 6.36. The lowest BCUT2D eigenvalue weighted by Crippen LogP contribution is -2.40. The van der Waals surface area contributed by atoms with Gasteiger partial charge < -0.3 is 19.5 Å². The van der Waals surface area contributed by atoms with E-state index in [1.165, 1.54) is 0 Å². The van der Waals surface area contributed by atoms with Crippen molar-refractivity contribution in [1.29, 1.82) is 0 Å². The highest BCUT2D eigenvalue weighted by Crippen LogP contribution is 2.31. The number of carbonyl (C=O) groups excluding carboxylic acids is 2. The molecule has 3 heterocycles. The SMILES string of the molecule is O=C(CCN(C[C@H]1CCCO1)C(=O)c1cc(-c2ccc(Cl)cc2Cl)on1)NCc1cccnc1. The van der Waals surface area contributed by atoms with E-state index < -0.39 is 0 Å². The zero-order chi connectivity index (χ0) is 23.9. The molecular weight excluding hydrogens is 479 g/mol. The Morgan fingerprint density at radius 2 is 2.09 bits per heavy atom. The number of nitrogens with zero attached hydrogens (tertiary/aromatic N) is 3. The maximum absolute atomic E-state index is 13.3. The van der Waals surface area contributed by atoms with E-state index in [4.69, 9.17) is 32.5 Å². The molecule has 1 aromatic carbocycles. The fourth-order valence-electron chi connectivity index (χ4n) is 3.69. The summed E-state index contributed by atoms with van der Waals surface area (Å²) in [7, 11) is 0. The summed E-state index contributed by atoms with van der Waals surface area (Å²) < 4.78 is 11.1. The van der Waals surface area contributed by atoms with Crippen LogP contribution in [0.15, 0.2) is 53.3 Å². The lowest BCUT2D eigenvalue weighted by Gasteiger charge is -2.24. The summed E-state index contributed by atoms with van der Waals surface area (Å²) in [6, 6.07) is 10.2. The third-order valence-corrected chi connectivity index (χ3v) is 6.03. The molecule has 0 spiro atoms. The van der Waals surface area contributed by atoms with Crippen LogP contribution in [-0.4, -0.2) is 52.7 Å². The number of benzene rings is 1. The maximum atomic E-state index is 13.3. The smallest absolute Gasteiger partial charge is 0.276 e. The molecular formula is C24H24Cl2N4O4. The first-order valence-corrected chi connectivity index (χ1v) is 11.7. The second kappa shape index (κ2) is 11.5. The quantitative estimate of drug-likeness (QED) is 0.466. The number of nitrogens with one attached hydrogen (secondary N) is 1. The number of ether oxygens (including phenoxy) is 1. The maximum Gasteiger partial charge on any atom is 0.276 e. The fourth-order valence-corrected chi connectivity index (χ4v) is 4.19. The van der Waals surface area contributed by atoms with Crippen LogP contribution in [0.25, 0.3) is 11.3 Å². The van der Waals surface area contributed by atoms with E-state index in [0.29, 0.717) is 41.1 Å². The van der Waals surface area contributed by atoms with Crippen LogP contribution in [-0.2, 0) is 16.1 Å². The monoisotopic (exact) mass is 502 g/mol. The van der Waals surface area contributed by atoms with Crippen LogP contribution in [0.2, 0.25) is 10.0 Å². The van der Waals surface area contributed by atoms with Gasteiger partial charge in [-0.05, 0) is 42.7 Å². The van der Waals surface area contributed by atoms with E-state index in [0.717, 1.165) is 18.4 Å². The highest BCUT2D eigenvalue weighted by Gasteiger charge is 2.26. The predicted molar refractivity (Wildman–Crippen MR) is 128 cm³/mol. The normalized spacial score (nSPS) is 15.3. The van der Waals surface area contributed by atoms with Crippen molar-refractivity contribution in [1.82, 2.24) is 20.4 Å². The molecule has 1 aliphatic heterocycles. The molecule has 0 unspecified atom stereocenters. The molecule has 2 aromatic heterocycles. The van der Waals surface area contributed by atoms with Gasteiger partial charge in [0.2, 0.25) is 5.91 Å². The minimum Gasteiger partial charge on any atom is -0.376 e. The summed E-state index contributed by atoms with van der Waals surface area (Å²) in [6.45, 7) is 1.64. The van der Waals surface area contributed by atoms with Crippen molar-refractivity contribution in [3.8, 4) is 11.3 Å². The molecule has 4 rings (SSSR count). The van der Waals surface area contributed by atoms with Gasteiger partial charge in [-0.3, -0.25) is 14.6 Å². The molecule has 1 atom stereocenters. The summed E-state index contributed by atoms with van der Waals surface area (Å²) in [5, 5.41) is 7.69. The first-order chi connectivity index (χ1) is 16.5. The van der Waals surface area contributed by atoms with Crippen LogP contribution in [0, 0.1) is 0 Å². The Kier molecular flexibility index (Phi) is 8.16. The largest absolute Gasteiger partial charge is 0.376 e. The Bertz CT molecular complexity index is 1130. The average molecular weight is 503 g/mol. The predicted octanol–water partition coefficient (Wildman–Crippen LogP) is 4.37. The third kappa shape index (κ3) is 6.34. The Labute approximate surface area is 207 Å². The van der Waals surface area contributed by atoms with Gasteiger partial charge >= 0.3 is 0 Å². The molecule has 1 fully saturated rings. The van der Waals surface area contributed by atoms with Crippen molar-refractivity contribution in [2.24, 2.45) is 0 Å². The molecule has 3 aromatic rings. The number of rotatable bonds is 9. The molecule has 178 valence electrons. The van der Waals surface area contributed by atoms with E-state index in [9.17, 15) is 9.59 Å². The summed E-state index contributed by atoms with van der Waals surface area (Å²) in [6.07, 6.45) is 5.26. The van der Waals surface area contributed by atoms with Crippen LogP contribution in [0.3, 0.4) is 0 Å². The van der Waals surface area contributed by atoms with Crippen molar-refractivity contribution in [2.75, 3.05) is 19.7 Å². The zero-order valence-electron chi connectivity index (χ0n) is 18.4. The zero-order valence-corrected chi connectivity index (χ0v) is 19.9. The minimum absolute atomic E-state index is 0.0699. The van der Waals surface area contributed by atoms with E-state index in [1.54, 1.807) is 41.6 Å². The lowest BCUT2D eigenvalue weighted by molar-refractivity contribution is -0.121. The Balaban J connectivity index is 1.42. The van der Waals surface area contributed by atoms with Crippen molar-refractivity contribution in [3.63, 3.8) is 0 Å². The summed E-state index contributed by atoms with van der Waals surface area (Å²) >= 11 is 12.2. The molecule has 1 saturated heterocycles. The molecule has 34 heavy (non-hydrogen) atoms. The number of carbonyl (C=O) groups is 2. The number of hydrogen-bond acceptors (Lipinski definition) is 6. The number of amides is 2. The molecule has 10 heteroatoms. The van der Waals surface area contributed by atoms with Crippen LogP contribution in [0.1, 0.15) is 35.3 Å². The van der Waals surface area contributed by atoms with E-state index in [2.05, 4.69) is 15.5 Å². The van der Waals surface area contributed by atoms with Crippen LogP contribution >= 0.6 is 23.2 Å². The van der Waals surface area contributed by atoms with Gasteiger partial charge in [-0.25, -0.2) is 0 Å². The Morgan fingerprint density at radius 3 is 2.82 bits per heavy atom. The van der Waals surface area contributed by atoms with Crippen LogP contribution in [0.4, 0.5) is 0 Å². The van der Waals surface area contributed by atoms with Crippen molar-refractivity contribution < 1.29 is 18.8 Å². The molecule has 1 aliphatic rings. The topological polar surface area (TPSA) is 97.6 Å². The number of hydrogen-bond donors (Lipinski definition) is 1. The van der Waals surface area contributed by atoms with Gasteiger partial charge in [-0.2, -0.15) is 0 Å². The summed E-state index contributed by atoms with van der Waals surface area (Å²) in [5.41, 5.74) is 1.62. The second-order valence-corrected chi connectivity index (χ2v) is 8.82. The Hall–Kier alpha value is -2.94. The average Bonchev–Trinajstić information content (AvgIpc) is 3.53. The van der Waals surface area contributed by atoms with Crippen molar-refractivity contribution in [3.05, 3.63) is 70.1 Å². The van der Waals surface area contributed by atoms with Crippen LogP contribution < -0.4 is 5.32 Å². The van der Waals surface area contributed by atoms with Gasteiger partial charge in [-0.15, -0.1) is 0 Å². The van der Waals surface area contributed by atoms with E-state index >= 15 is 0 Å². The van der Waals surface area contributed by atoms with Gasteiger partial charge in [0.05, 0.1) is 11.1 Å². The first-order valence-electron chi connectivity index (χ1n) is 11.0. The summed E-state index contributed by atoms with van der Waals surface area (Å²) in [5.74, 6) is -0.144.